The van der Waals surface area contributed by atoms with Crippen molar-refractivity contribution >= 4 is 5.97 Å². The summed E-state index contributed by atoms with van der Waals surface area (Å²) in [5.41, 5.74) is 2.99. The van der Waals surface area contributed by atoms with Crippen molar-refractivity contribution < 1.29 is 9.53 Å². The lowest BCUT2D eigenvalue weighted by Gasteiger charge is -2.26. The molecule has 1 aliphatic carbocycles. The molecule has 2 atom stereocenters. The van der Waals surface area contributed by atoms with E-state index < -0.39 is 0 Å². The standard InChI is InChI=1S/C18H19NO2/c1-19(2)16-12-14-10-6-7-11-15(14)17(16)21-18(20)13-8-4-3-5-9-13/h3-11,16-17H,12H2,1-2H3/t16-,17-/m1/s1. The Morgan fingerprint density at radius 3 is 2.43 bits per heavy atom. The van der Waals surface area contributed by atoms with Crippen LogP contribution in [0.4, 0.5) is 0 Å². The van der Waals surface area contributed by atoms with E-state index in [0.29, 0.717) is 5.56 Å². The topological polar surface area (TPSA) is 29.5 Å². The molecule has 1 aliphatic rings. The molecule has 0 fully saturated rings. The van der Waals surface area contributed by atoms with Gasteiger partial charge in [-0.25, -0.2) is 4.79 Å². The summed E-state index contributed by atoms with van der Waals surface area (Å²) in [6, 6.07) is 17.6. The Bertz CT molecular complexity index is 637. The second kappa shape index (κ2) is 5.70. The molecule has 108 valence electrons. The zero-order valence-electron chi connectivity index (χ0n) is 12.3. The first-order valence-electron chi connectivity index (χ1n) is 7.17. The van der Waals surface area contributed by atoms with E-state index in [1.165, 1.54) is 5.56 Å². The van der Waals surface area contributed by atoms with Gasteiger partial charge in [0, 0.05) is 0 Å². The van der Waals surface area contributed by atoms with Crippen LogP contribution in [-0.4, -0.2) is 31.0 Å². The van der Waals surface area contributed by atoms with Gasteiger partial charge in [0.25, 0.3) is 0 Å². The summed E-state index contributed by atoms with van der Waals surface area (Å²) in [7, 11) is 4.06. The molecule has 0 amide bonds. The van der Waals surface area contributed by atoms with Gasteiger partial charge in [-0.3, -0.25) is 0 Å². The van der Waals surface area contributed by atoms with Gasteiger partial charge in [-0.05, 0) is 43.8 Å². The Balaban J connectivity index is 1.87. The maximum atomic E-state index is 12.3. The largest absolute Gasteiger partial charge is 0.452 e. The number of carbonyl (C=O) groups excluding carboxylic acids is 1. The highest BCUT2D eigenvalue weighted by Gasteiger charge is 2.36. The molecule has 2 aromatic carbocycles. The van der Waals surface area contributed by atoms with E-state index in [1.807, 2.05) is 44.4 Å². The lowest BCUT2D eigenvalue weighted by molar-refractivity contribution is 0.0108. The van der Waals surface area contributed by atoms with Gasteiger partial charge in [0.1, 0.15) is 6.10 Å². The maximum absolute atomic E-state index is 12.3. The van der Waals surface area contributed by atoms with Gasteiger partial charge in [0.15, 0.2) is 0 Å². The lowest BCUT2D eigenvalue weighted by atomic mass is 10.1. The van der Waals surface area contributed by atoms with E-state index in [2.05, 4.69) is 17.0 Å². The van der Waals surface area contributed by atoms with Crippen LogP contribution in [0.2, 0.25) is 0 Å². The Morgan fingerprint density at radius 1 is 1.05 bits per heavy atom. The average Bonchev–Trinajstić information content (AvgIpc) is 2.87. The van der Waals surface area contributed by atoms with Crippen molar-refractivity contribution in [1.29, 1.82) is 0 Å². The molecule has 0 spiro atoms. The molecule has 3 rings (SSSR count). The van der Waals surface area contributed by atoms with Gasteiger partial charge < -0.3 is 9.64 Å². The molecule has 3 heteroatoms. The Hall–Kier alpha value is -2.13. The number of likely N-dealkylation sites (N-methyl/N-ethyl adjacent to an activating group) is 1. The number of ether oxygens (including phenoxy) is 1. The number of hydrogen-bond donors (Lipinski definition) is 0. The first-order chi connectivity index (χ1) is 10.2. The zero-order valence-corrected chi connectivity index (χ0v) is 12.3. The average molecular weight is 281 g/mol. The Labute approximate surface area is 125 Å². The number of esters is 1. The van der Waals surface area contributed by atoms with Crippen molar-refractivity contribution in [3.8, 4) is 0 Å². The molecule has 0 N–H and O–H groups in total. The first kappa shape index (κ1) is 13.8. The van der Waals surface area contributed by atoms with Crippen molar-refractivity contribution in [3.63, 3.8) is 0 Å². The van der Waals surface area contributed by atoms with Gasteiger partial charge >= 0.3 is 5.97 Å². The summed E-state index contributed by atoms with van der Waals surface area (Å²) >= 11 is 0. The van der Waals surface area contributed by atoms with Crippen molar-refractivity contribution in [2.75, 3.05) is 14.1 Å². The fourth-order valence-electron chi connectivity index (χ4n) is 2.89. The van der Waals surface area contributed by atoms with Crippen LogP contribution in [0.5, 0.6) is 0 Å². The molecule has 3 nitrogen and oxygen atoms in total. The minimum absolute atomic E-state index is 0.190. The SMILES string of the molecule is CN(C)[C@@H]1Cc2ccccc2[C@H]1OC(=O)c1ccccc1. The normalized spacial score (nSPS) is 20.3. The van der Waals surface area contributed by atoms with Crippen LogP contribution in [0, 0.1) is 0 Å². The van der Waals surface area contributed by atoms with Gasteiger partial charge in [-0.1, -0.05) is 42.5 Å². The number of nitrogens with zero attached hydrogens (tertiary/aromatic N) is 1. The minimum atomic E-state index is -0.260. The maximum Gasteiger partial charge on any atom is 0.338 e. The van der Waals surface area contributed by atoms with Crippen LogP contribution in [-0.2, 0) is 11.2 Å². The highest BCUT2D eigenvalue weighted by atomic mass is 16.5. The monoisotopic (exact) mass is 281 g/mol. The lowest BCUT2D eigenvalue weighted by Crippen LogP contribution is -2.34. The third-order valence-corrected chi connectivity index (χ3v) is 4.05. The van der Waals surface area contributed by atoms with Crippen LogP contribution in [0.25, 0.3) is 0 Å². The molecule has 0 aromatic heterocycles. The molecule has 0 saturated carbocycles. The molecule has 0 radical (unpaired) electrons. The third kappa shape index (κ3) is 2.69. The Morgan fingerprint density at radius 2 is 1.71 bits per heavy atom. The fourth-order valence-corrected chi connectivity index (χ4v) is 2.89. The van der Waals surface area contributed by atoms with Gasteiger partial charge in [-0.2, -0.15) is 0 Å². The summed E-state index contributed by atoms with van der Waals surface area (Å²) in [5.74, 6) is -0.260. The fraction of sp³-hybridized carbons (Fsp3) is 0.278. The van der Waals surface area contributed by atoms with E-state index in [0.717, 1.165) is 12.0 Å². The molecule has 0 bridgehead atoms. The summed E-state index contributed by atoms with van der Waals surface area (Å²) in [6.07, 6.45) is 0.708. The van der Waals surface area contributed by atoms with Crippen LogP contribution >= 0.6 is 0 Å². The van der Waals surface area contributed by atoms with Crippen molar-refractivity contribution in [2.45, 2.75) is 18.6 Å². The van der Waals surface area contributed by atoms with Gasteiger partial charge in [0.2, 0.25) is 0 Å². The van der Waals surface area contributed by atoms with Crippen LogP contribution < -0.4 is 0 Å². The summed E-state index contributed by atoms with van der Waals surface area (Å²) in [6.45, 7) is 0. The summed E-state index contributed by atoms with van der Waals surface area (Å²) in [5, 5.41) is 0. The molecular weight excluding hydrogens is 262 g/mol. The van der Waals surface area contributed by atoms with Crippen LogP contribution in [0.3, 0.4) is 0 Å². The number of benzene rings is 2. The zero-order chi connectivity index (χ0) is 14.8. The summed E-state index contributed by atoms with van der Waals surface area (Å²) < 4.78 is 5.82. The number of fused-ring (bicyclic) bond motifs is 1. The first-order valence-corrected chi connectivity index (χ1v) is 7.17. The quantitative estimate of drug-likeness (QED) is 0.810. The van der Waals surface area contributed by atoms with Gasteiger partial charge in [-0.15, -0.1) is 0 Å². The molecule has 2 aromatic rings. The van der Waals surface area contributed by atoms with Gasteiger partial charge in [0.05, 0.1) is 11.6 Å². The van der Waals surface area contributed by atoms with E-state index in [4.69, 9.17) is 4.74 Å². The predicted octanol–water partition coefficient (Wildman–Crippen LogP) is 3.07. The highest BCUT2D eigenvalue weighted by Crippen LogP contribution is 2.36. The summed E-state index contributed by atoms with van der Waals surface area (Å²) in [4.78, 5) is 14.5. The van der Waals surface area contributed by atoms with Crippen LogP contribution in [0.15, 0.2) is 54.6 Å². The molecule has 0 saturated heterocycles. The second-order valence-electron chi connectivity index (χ2n) is 5.63. The number of rotatable bonds is 3. The highest BCUT2D eigenvalue weighted by molar-refractivity contribution is 5.89. The molecule has 0 unspecified atom stereocenters. The van der Waals surface area contributed by atoms with E-state index in [1.54, 1.807) is 12.1 Å². The van der Waals surface area contributed by atoms with E-state index in [-0.39, 0.29) is 18.1 Å². The number of hydrogen-bond acceptors (Lipinski definition) is 3. The van der Waals surface area contributed by atoms with E-state index in [9.17, 15) is 4.79 Å². The molecular formula is C18H19NO2. The van der Waals surface area contributed by atoms with Crippen LogP contribution in [0.1, 0.15) is 27.6 Å². The minimum Gasteiger partial charge on any atom is -0.452 e. The van der Waals surface area contributed by atoms with Crippen molar-refractivity contribution in [2.24, 2.45) is 0 Å². The molecule has 21 heavy (non-hydrogen) atoms. The van der Waals surface area contributed by atoms with Crippen molar-refractivity contribution in [1.82, 2.24) is 4.90 Å². The van der Waals surface area contributed by atoms with Crippen molar-refractivity contribution in [3.05, 3.63) is 71.3 Å². The third-order valence-electron chi connectivity index (χ3n) is 4.05. The Kier molecular flexibility index (Phi) is 3.76. The molecule has 0 aliphatic heterocycles. The molecule has 0 heterocycles. The predicted molar refractivity (Wildman–Crippen MR) is 82.2 cm³/mol. The van der Waals surface area contributed by atoms with E-state index >= 15 is 0 Å². The second-order valence-corrected chi connectivity index (χ2v) is 5.63. The number of carbonyl (C=O) groups is 1. The smallest absolute Gasteiger partial charge is 0.338 e.